The summed E-state index contributed by atoms with van der Waals surface area (Å²) in [6, 6.07) is 10.7. The highest BCUT2D eigenvalue weighted by Crippen LogP contribution is 2.37. The fraction of sp³-hybridized carbons (Fsp3) is 0.409. The lowest BCUT2D eigenvalue weighted by Crippen LogP contribution is -2.47. The maximum atomic E-state index is 14.1. The number of likely N-dealkylation sites (tertiary alicyclic amines) is 1. The molecule has 1 amide bonds. The fourth-order valence-electron chi connectivity index (χ4n) is 4.49. The topological polar surface area (TPSA) is 42.0 Å². The first-order chi connectivity index (χ1) is 13.7. The fourth-order valence-corrected chi connectivity index (χ4v) is 4.49. The summed E-state index contributed by atoms with van der Waals surface area (Å²) in [6.07, 6.45) is 2.61. The van der Waals surface area contributed by atoms with Gasteiger partial charge in [0.2, 0.25) is 12.7 Å². The average Bonchev–Trinajstić information content (AvgIpc) is 3.36. The summed E-state index contributed by atoms with van der Waals surface area (Å²) in [5, 5.41) is 0. The number of carbonyl (C=O) groups is 1. The third-order valence-electron chi connectivity index (χ3n) is 6.00. The van der Waals surface area contributed by atoms with E-state index in [9.17, 15) is 9.18 Å². The summed E-state index contributed by atoms with van der Waals surface area (Å²) < 4.78 is 25.0. The molecule has 0 radical (unpaired) electrons. The molecular weight excluding hydrogens is 359 g/mol. The largest absolute Gasteiger partial charge is 0.454 e. The number of halogens is 1. The van der Waals surface area contributed by atoms with Crippen molar-refractivity contribution in [3.8, 4) is 11.5 Å². The second kappa shape index (κ2) is 7.09. The van der Waals surface area contributed by atoms with E-state index >= 15 is 0 Å². The van der Waals surface area contributed by atoms with Crippen LogP contribution in [-0.2, 0) is 24.3 Å². The number of ether oxygens (including phenoxy) is 2. The summed E-state index contributed by atoms with van der Waals surface area (Å²) in [4.78, 5) is 17.3. The molecule has 5 rings (SSSR count). The third-order valence-corrected chi connectivity index (χ3v) is 6.00. The number of fused-ring (bicyclic) bond motifs is 2. The normalized spacial score (nSPS) is 21.0. The van der Waals surface area contributed by atoms with Gasteiger partial charge in [-0.15, -0.1) is 0 Å². The first kappa shape index (κ1) is 17.5. The minimum atomic E-state index is -0.205. The van der Waals surface area contributed by atoms with Crippen LogP contribution in [0, 0.1) is 5.82 Å². The third kappa shape index (κ3) is 3.11. The number of nitrogens with zero attached hydrogens (tertiary/aromatic N) is 2. The minimum absolute atomic E-state index is 0.150. The molecule has 1 fully saturated rings. The van der Waals surface area contributed by atoms with E-state index < -0.39 is 0 Å². The molecule has 1 unspecified atom stereocenters. The van der Waals surface area contributed by atoms with Crippen molar-refractivity contribution < 1.29 is 18.7 Å². The van der Waals surface area contributed by atoms with Crippen LogP contribution in [0.25, 0.3) is 0 Å². The van der Waals surface area contributed by atoms with Gasteiger partial charge in [0.05, 0.1) is 6.04 Å². The van der Waals surface area contributed by atoms with E-state index in [1.54, 1.807) is 12.1 Å². The molecule has 5 nitrogen and oxygen atoms in total. The van der Waals surface area contributed by atoms with Gasteiger partial charge in [-0.25, -0.2) is 4.39 Å². The van der Waals surface area contributed by atoms with Crippen molar-refractivity contribution in [2.45, 2.75) is 38.4 Å². The molecule has 0 bridgehead atoms. The lowest BCUT2D eigenvalue weighted by atomic mass is 9.98. The van der Waals surface area contributed by atoms with E-state index in [1.807, 2.05) is 23.1 Å². The summed E-state index contributed by atoms with van der Waals surface area (Å²) >= 11 is 0. The zero-order chi connectivity index (χ0) is 19.1. The van der Waals surface area contributed by atoms with Crippen molar-refractivity contribution in [2.24, 2.45) is 0 Å². The highest BCUT2D eigenvalue weighted by molar-refractivity contribution is 5.82. The monoisotopic (exact) mass is 382 g/mol. The Morgan fingerprint density at radius 1 is 1.11 bits per heavy atom. The van der Waals surface area contributed by atoms with Gasteiger partial charge in [0.15, 0.2) is 11.5 Å². The van der Waals surface area contributed by atoms with Crippen molar-refractivity contribution in [2.75, 3.05) is 19.9 Å². The lowest BCUT2D eigenvalue weighted by Gasteiger charge is -2.33. The molecule has 28 heavy (non-hydrogen) atoms. The Labute approximate surface area is 163 Å². The number of benzene rings is 2. The molecule has 1 atom stereocenters. The number of carbonyl (C=O) groups excluding carboxylic acids is 1. The summed E-state index contributed by atoms with van der Waals surface area (Å²) in [5.74, 6) is 1.50. The number of amides is 1. The molecule has 3 heterocycles. The molecule has 0 saturated carbocycles. The first-order valence-corrected chi connectivity index (χ1v) is 9.87. The SMILES string of the molecule is O=C(C1CCCN1Cc1ccccc1F)N1CCc2cc3c(cc2C1)OCO3. The van der Waals surface area contributed by atoms with Crippen LogP contribution >= 0.6 is 0 Å². The van der Waals surface area contributed by atoms with Crippen LogP contribution < -0.4 is 9.47 Å². The first-order valence-electron chi connectivity index (χ1n) is 9.87. The van der Waals surface area contributed by atoms with Crippen LogP contribution in [0.5, 0.6) is 11.5 Å². The van der Waals surface area contributed by atoms with E-state index in [-0.39, 0.29) is 24.6 Å². The lowest BCUT2D eigenvalue weighted by molar-refractivity contribution is -0.137. The number of hydrogen-bond acceptors (Lipinski definition) is 4. The Hall–Kier alpha value is -2.60. The Morgan fingerprint density at radius 3 is 2.71 bits per heavy atom. The Kier molecular flexibility index (Phi) is 4.43. The Bertz CT molecular complexity index is 917. The molecule has 6 heteroatoms. The molecule has 0 spiro atoms. The standard InChI is InChI=1S/C22H23FN2O3/c23-18-5-2-1-4-16(18)12-24-8-3-6-19(24)22(26)25-9-7-15-10-20-21(28-14-27-20)11-17(15)13-25/h1-2,4-5,10-11,19H,3,6-9,12-14H2. The van der Waals surface area contributed by atoms with Crippen LogP contribution in [0.3, 0.4) is 0 Å². The zero-order valence-corrected chi connectivity index (χ0v) is 15.7. The van der Waals surface area contributed by atoms with Gasteiger partial charge < -0.3 is 14.4 Å². The van der Waals surface area contributed by atoms with Crippen LogP contribution in [0.4, 0.5) is 4.39 Å². The Balaban J connectivity index is 1.31. The molecule has 146 valence electrons. The molecular formula is C22H23FN2O3. The summed E-state index contributed by atoms with van der Waals surface area (Å²) in [6.45, 7) is 2.86. The van der Waals surface area contributed by atoms with Crippen molar-refractivity contribution in [1.29, 1.82) is 0 Å². The molecule has 2 aromatic carbocycles. The maximum Gasteiger partial charge on any atom is 0.240 e. The van der Waals surface area contributed by atoms with Gasteiger partial charge in [0, 0.05) is 25.2 Å². The van der Waals surface area contributed by atoms with E-state index in [1.165, 1.54) is 11.6 Å². The van der Waals surface area contributed by atoms with Gasteiger partial charge in [-0.2, -0.15) is 0 Å². The minimum Gasteiger partial charge on any atom is -0.454 e. The predicted molar refractivity (Wildman–Crippen MR) is 102 cm³/mol. The average molecular weight is 382 g/mol. The Morgan fingerprint density at radius 2 is 1.89 bits per heavy atom. The predicted octanol–water partition coefficient (Wildman–Crippen LogP) is 3.10. The molecule has 1 saturated heterocycles. The zero-order valence-electron chi connectivity index (χ0n) is 15.7. The quantitative estimate of drug-likeness (QED) is 0.818. The van der Waals surface area contributed by atoms with Crippen LogP contribution in [0.15, 0.2) is 36.4 Å². The number of hydrogen-bond donors (Lipinski definition) is 0. The number of rotatable bonds is 3. The van der Waals surface area contributed by atoms with Crippen molar-refractivity contribution >= 4 is 5.91 Å². The van der Waals surface area contributed by atoms with E-state index in [0.29, 0.717) is 25.2 Å². The summed E-state index contributed by atoms with van der Waals surface area (Å²) in [5.41, 5.74) is 3.00. The van der Waals surface area contributed by atoms with Crippen molar-refractivity contribution in [3.05, 3.63) is 58.9 Å². The van der Waals surface area contributed by atoms with Crippen LogP contribution in [-0.4, -0.2) is 41.6 Å². The van der Waals surface area contributed by atoms with Crippen molar-refractivity contribution in [3.63, 3.8) is 0 Å². The molecule has 3 aliphatic heterocycles. The van der Waals surface area contributed by atoms with Crippen molar-refractivity contribution in [1.82, 2.24) is 9.80 Å². The smallest absolute Gasteiger partial charge is 0.240 e. The second-order valence-electron chi connectivity index (χ2n) is 7.70. The molecule has 0 N–H and O–H groups in total. The molecule has 3 aliphatic rings. The second-order valence-corrected chi connectivity index (χ2v) is 7.70. The van der Waals surface area contributed by atoms with Gasteiger partial charge in [0.25, 0.3) is 0 Å². The highest BCUT2D eigenvalue weighted by atomic mass is 19.1. The van der Waals surface area contributed by atoms with Gasteiger partial charge in [-0.1, -0.05) is 18.2 Å². The van der Waals surface area contributed by atoms with Gasteiger partial charge >= 0.3 is 0 Å². The maximum absolute atomic E-state index is 14.1. The molecule has 2 aromatic rings. The van der Waals surface area contributed by atoms with Crippen LogP contribution in [0.2, 0.25) is 0 Å². The van der Waals surface area contributed by atoms with Gasteiger partial charge in [-0.05, 0) is 55.1 Å². The van der Waals surface area contributed by atoms with Gasteiger partial charge in [-0.3, -0.25) is 9.69 Å². The highest BCUT2D eigenvalue weighted by Gasteiger charge is 2.35. The molecule has 0 aromatic heterocycles. The van der Waals surface area contributed by atoms with E-state index in [2.05, 4.69) is 4.90 Å². The summed E-state index contributed by atoms with van der Waals surface area (Å²) in [7, 11) is 0. The van der Waals surface area contributed by atoms with Gasteiger partial charge in [0.1, 0.15) is 5.82 Å². The van der Waals surface area contributed by atoms with Crippen LogP contribution in [0.1, 0.15) is 29.5 Å². The molecule has 0 aliphatic carbocycles. The van der Waals surface area contributed by atoms with E-state index in [4.69, 9.17) is 9.47 Å². The van der Waals surface area contributed by atoms with E-state index in [0.717, 1.165) is 42.9 Å².